The first-order valence-electron chi connectivity index (χ1n) is 7.00. The summed E-state index contributed by atoms with van der Waals surface area (Å²) in [5, 5.41) is 11.4. The van der Waals surface area contributed by atoms with Crippen molar-refractivity contribution in [3.8, 4) is 0 Å². The summed E-state index contributed by atoms with van der Waals surface area (Å²) in [7, 11) is 0. The number of nitrogens with one attached hydrogen (secondary N) is 2. The molecule has 0 aliphatic heterocycles. The van der Waals surface area contributed by atoms with Crippen LogP contribution in [0.15, 0.2) is 0 Å². The van der Waals surface area contributed by atoms with Crippen LogP contribution in [0.1, 0.15) is 59.3 Å². The van der Waals surface area contributed by atoms with E-state index in [9.17, 15) is 14.4 Å². The fraction of sp³-hybridized carbons (Fsp3) is 0.533. The number of Topliss-reactive ketones (excluding diaryl/α,β-unsaturated/α-hetero) is 1. The van der Waals surface area contributed by atoms with E-state index in [-0.39, 0.29) is 30.6 Å². The van der Waals surface area contributed by atoms with Gasteiger partial charge in [0, 0.05) is 24.2 Å². The van der Waals surface area contributed by atoms with Crippen LogP contribution in [0.3, 0.4) is 0 Å². The molecule has 0 fully saturated rings. The van der Waals surface area contributed by atoms with Crippen LogP contribution in [0, 0.1) is 12.8 Å². The molecular weight excluding hydrogens is 272 g/mol. The molecule has 116 valence electrons. The Labute approximate surface area is 123 Å². The molecule has 0 aliphatic carbocycles. The Balaban J connectivity index is 2.86. The lowest BCUT2D eigenvalue weighted by molar-refractivity contribution is -0.137. The minimum atomic E-state index is -0.888. The first-order chi connectivity index (χ1) is 9.77. The van der Waals surface area contributed by atoms with Gasteiger partial charge in [0.15, 0.2) is 5.78 Å². The number of H-pyrrole nitrogens is 1. The number of hydrogen-bond acceptors (Lipinski definition) is 3. The number of rotatable bonds is 7. The van der Waals surface area contributed by atoms with Crippen molar-refractivity contribution < 1.29 is 19.5 Å². The summed E-state index contributed by atoms with van der Waals surface area (Å²) in [6, 6.07) is 0. The summed E-state index contributed by atoms with van der Waals surface area (Å²) in [6.45, 7) is 7.17. The van der Waals surface area contributed by atoms with Crippen LogP contribution in [-0.4, -0.2) is 34.3 Å². The Morgan fingerprint density at radius 3 is 2.43 bits per heavy atom. The first kappa shape index (κ1) is 16.9. The largest absolute Gasteiger partial charge is 0.481 e. The molecule has 0 saturated carbocycles. The van der Waals surface area contributed by atoms with Crippen molar-refractivity contribution in [1.82, 2.24) is 10.3 Å². The SMILES string of the molecule is CCc1c(C(=O)NCC(C)CC(=O)O)[nH]c(C)c1C(C)=O. The molecule has 21 heavy (non-hydrogen) atoms. The molecule has 1 aromatic heterocycles. The Morgan fingerprint density at radius 1 is 1.33 bits per heavy atom. The average Bonchev–Trinajstić information content (AvgIpc) is 2.72. The maximum atomic E-state index is 12.2. The van der Waals surface area contributed by atoms with E-state index in [1.165, 1.54) is 6.92 Å². The summed E-state index contributed by atoms with van der Waals surface area (Å²) < 4.78 is 0. The molecule has 0 bridgehead atoms. The zero-order valence-corrected chi connectivity index (χ0v) is 12.9. The molecule has 1 aromatic rings. The van der Waals surface area contributed by atoms with Gasteiger partial charge in [-0.1, -0.05) is 13.8 Å². The lowest BCUT2D eigenvalue weighted by Gasteiger charge is -2.10. The smallest absolute Gasteiger partial charge is 0.303 e. The van der Waals surface area contributed by atoms with Crippen LogP contribution < -0.4 is 5.32 Å². The van der Waals surface area contributed by atoms with Crippen molar-refractivity contribution >= 4 is 17.7 Å². The summed E-state index contributed by atoms with van der Waals surface area (Å²) >= 11 is 0. The number of carbonyl (C=O) groups is 3. The second kappa shape index (κ2) is 7.06. The van der Waals surface area contributed by atoms with E-state index in [0.717, 1.165) is 0 Å². The van der Waals surface area contributed by atoms with Crippen LogP contribution in [0.4, 0.5) is 0 Å². The molecule has 6 heteroatoms. The van der Waals surface area contributed by atoms with Crippen LogP contribution >= 0.6 is 0 Å². The number of aromatic amines is 1. The highest BCUT2D eigenvalue weighted by Gasteiger charge is 2.21. The summed E-state index contributed by atoms with van der Waals surface area (Å²) in [5.74, 6) is -1.42. The topological polar surface area (TPSA) is 99.3 Å². The third kappa shape index (κ3) is 4.18. The molecule has 0 saturated heterocycles. The Bertz CT molecular complexity index is 560. The standard InChI is InChI=1S/C15H22N2O4/c1-5-11-13(10(4)18)9(3)17-14(11)15(21)16-7-8(2)6-12(19)20/h8,17H,5-7H2,1-4H3,(H,16,21)(H,19,20). The third-order valence-electron chi connectivity index (χ3n) is 3.36. The van der Waals surface area contributed by atoms with Gasteiger partial charge in [-0.25, -0.2) is 0 Å². The van der Waals surface area contributed by atoms with Gasteiger partial charge in [-0.05, 0) is 31.7 Å². The highest BCUT2D eigenvalue weighted by Crippen LogP contribution is 2.20. The van der Waals surface area contributed by atoms with E-state index in [4.69, 9.17) is 5.11 Å². The summed E-state index contributed by atoms with van der Waals surface area (Å²) in [6.07, 6.45) is 0.579. The van der Waals surface area contributed by atoms with Crippen molar-refractivity contribution in [1.29, 1.82) is 0 Å². The molecule has 0 spiro atoms. The maximum absolute atomic E-state index is 12.2. The van der Waals surface area contributed by atoms with E-state index in [1.807, 2.05) is 6.92 Å². The molecule has 1 heterocycles. The van der Waals surface area contributed by atoms with Gasteiger partial charge < -0.3 is 15.4 Å². The van der Waals surface area contributed by atoms with E-state index in [0.29, 0.717) is 28.9 Å². The molecule has 1 amide bonds. The van der Waals surface area contributed by atoms with E-state index in [1.54, 1.807) is 13.8 Å². The zero-order chi connectivity index (χ0) is 16.2. The molecule has 0 aliphatic rings. The summed E-state index contributed by atoms with van der Waals surface area (Å²) in [5.41, 5.74) is 2.36. The van der Waals surface area contributed by atoms with Crippen molar-refractivity contribution in [2.75, 3.05) is 6.54 Å². The second-order valence-electron chi connectivity index (χ2n) is 5.30. The normalized spacial score (nSPS) is 12.0. The fourth-order valence-electron chi connectivity index (χ4n) is 2.43. The monoisotopic (exact) mass is 294 g/mol. The van der Waals surface area contributed by atoms with Crippen molar-refractivity contribution in [2.45, 2.75) is 40.5 Å². The average molecular weight is 294 g/mol. The summed E-state index contributed by atoms with van der Waals surface area (Å²) in [4.78, 5) is 37.4. The van der Waals surface area contributed by atoms with Crippen molar-refractivity contribution in [2.24, 2.45) is 5.92 Å². The van der Waals surface area contributed by atoms with E-state index < -0.39 is 5.97 Å². The minimum absolute atomic E-state index is 0.00334. The number of hydrogen-bond donors (Lipinski definition) is 3. The highest BCUT2D eigenvalue weighted by molar-refractivity contribution is 6.02. The van der Waals surface area contributed by atoms with Crippen LogP contribution in [0.2, 0.25) is 0 Å². The zero-order valence-electron chi connectivity index (χ0n) is 12.9. The molecule has 6 nitrogen and oxygen atoms in total. The fourth-order valence-corrected chi connectivity index (χ4v) is 2.43. The number of amides is 1. The van der Waals surface area contributed by atoms with Crippen LogP contribution in [0.25, 0.3) is 0 Å². The molecule has 3 N–H and O–H groups in total. The van der Waals surface area contributed by atoms with Gasteiger partial charge in [0.25, 0.3) is 5.91 Å². The van der Waals surface area contributed by atoms with Gasteiger partial charge in [-0.15, -0.1) is 0 Å². The van der Waals surface area contributed by atoms with Crippen LogP contribution in [-0.2, 0) is 11.2 Å². The van der Waals surface area contributed by atoms with Crippen molar-refractivity contribution in [3.05, 3.63) is 22.5 Å². The quantitative estimate of drug-likeness (QED) is 0.669. The van der Waals surface area contributed by atoms with Gasteiger partial charge in [0.2, 0.25) is 0 Å². The van der Waals surface area contributed by atoms with Gasteiger partial charge in [-0.3, -0.25) is 14.4 Å². The lowest BCUT2D eigenvalue weighted by Crippen LogP contribution is -2.30. The minimum Gasteiger partial charge on any atom is -0.481 e. The van der Waals surface area contributed by atoms with E-state index >= 15 is 0 Å². The number of carboxylic acid groups (broad SMARTS) is 1. The number of aromatic nitrogens is 1. The predicted molar refractivity (Wildman–Crippen MR) is 78.7 cm³/mol. The molecule has 1 rings (SSSR count). The molecule has 1 atom stereocenters. The number of aliphatic carboxylic acids is 1. The molecule has 0 radical (unpaired) electrons. The van der Waals surface area contributed by atoms with Gasteiger partial charge in [-0.2, -0.15) is 0 Å². The maximum Gasteiger partial charge on any atom is 0.303 e. The molecule has 0 aromatic carbocycles. The van der Waals surface area contributed by atoms with E-state index in [2.05, 4.69) is 10.3 Å². The number of ketones is 1. The van der Waals surface area contributed by atoms with Gasteiger partial charge in [0.1, 0.15) is 5.69 Å². The number of carbonyl (C=O) groups excluding carboxylic acids is 2. The lowest BCUT2D eigenvalue weighted by atomic mass is 10.0. The third-order valence-corrected chi connectivity index (χ3v) is 3.36. The number of carboxylic acids is 1. The molecule has 1 unspecified atom stereocenters. The highest BCUT2D eigenvalue weighted by atomic mass is 16.4. The molecular formula is C15H22N2O4. The Morgan fingerprint density at radius 2 is 1.95 bits per heavy atom. The van der Waals surface area contributed by atoms with Crippen molar-refractivity contribution in [3.63, 3.8) is 0 Å². The Hall–Kier alpha value is -2.11. The number of aryl methyl sites for hydroxylation is 1. The Kier molecular flexibility index (Phi) is 5.69. The van der Waals surface area contributed by atoms with Gasteiger partial charge >= 0.3 is 5.97 Å². The van der Waals surface area contributed by atoms with Gasteiger partial charge in [0.05, 0.1) is 0 Å². The first-order valence-corrected chi connectivity index (χ1v) is 7.00. The second-order valence-corrected chi connectivity index (χ2v) is 5.30. The van der Waals surface area contributed by atoms with Crippen LogP contribution in [0.5, 0.6) is 0 Å². The predicted octanol–water partition coefficient (Wildman–Crippen LogP) is 1.93.